The van der Waals surface area contributed by atoms with Crippen molar-refractivity contribution in [3.05, 3.63) is 30.6 Å². The molecule has 0 aliphatic heterocycles. The molecule has 52 valence electrons. The second kappa shape index (κ2) is 10.1. The number of aromatic nitrogens is 1. The first-order valence-corrected chi connectivity index (χ1v) is 1.85. The molecule has 1 aromatic heterocycles. The van der Waals surface area contributed by atoms with Gasteiger partial charge in [-0.15, -0.1) is 0 Å². The van der Waals surface area contributed by atoms with E-state index in [2.05, 4.69) is 4.98 Å². The summed E-state index contributed by atoms with van der Waals surface area (Å²) in [6, 6.07) is 5.72. The van der Waals surface area contributed by atoms with Gasteiger partial charge < -0.3 is 0 Å². The SMILES string of the molecule is B.F.F.c1ccncc1. The first kappa shape index (κ1) is 15.7. The van der Waals surface area contributed by atoms with Gasteiger partial charge in [-0.05, 0) is 12.1 Å². The van der Waals surface area contributed by atoms with E-state index in [1.807, 2.05) is 18.2 Å². The molecular weight excluding hydrogens is 123 g/mol. The fourth-order valence-electron chi connectivity index (χ4n) is 0.313. The van der Waals surface area contributed by atoms with Gasteiger partial charge in [-0.1, -0.05) is 6.07 Å². The van der Waals surface area contributed by atoms with E-state index in [-0.39, 0.29) is 17.8 Å². The van der Waals surface area contributed by atoms with Gasteiger partial charge >= 0.3 is 0 Å². The summed E-state index contributed by atoms with van der Waals surface area (Å²) in [6.45, 7) is 0. The van der Waals surface area contributed by atoms with Crippen molar-refractivity contribution < 1.29 is 9.41 Å². The van der Waals surface area contributed by atoms with E-state index in [0.29, 0.717) is 0 Å². The fraction of sp³-hybridized carbons (Fsp3) is 0. The molecule has 0 N–H and O–H groups in total. The molecule has 0 amide bonds. The standard InChI is InChI=1S/C5H5N.BH3.2FH/c1-2-4-6-5-3-1;;;/h1-5H;1H3;2*1H. The Hall–Kier alpha value is -0.925. The Kier molecular flexibility index (Phi) is 17.7. The monoisotopic (exact) mass is 133 g/mol. The Morgan fingerprint density at radius 2 is 1.22 bits per heavy atom. The summed E-state index contributed by atoms with van der Waals surface area (Å²) in [5, 5.41) is 0. The van der Waals surface area contributed by atoms with Gasteiger partial charge in [0.05, 0.1) is 8.41 Å². The summed E-state index contributed by atoms with van der Waals surface area (Å²) in [7, 11) is 0. The molecular formula is C5H10BF2N. The zero-order valence-electron chi connectivity index (χ0n) is 4.15. The minimum absolute atomic E-state index is 0. The lowest BCUT2D eigenvalue weighted by molar-refractivity contribution is 1.11. The van der Waals surface area contributed by atoms with Crippen LogP contribution in [0.3, 0.4) is 0 Å². The van der Waals surface area contributed by atoms with Crippen LogP contribution in [0.1, 0.15) is 0 Å². The number of rotatable bonds is 0. The number of pyridine rings is 1. The molecule has 1 heterocycles. The minimum atomic E-state index is 0. The Bertz CT molecular complexity index is 86.9. The zero-order chi connectivity index (χ0) is 4.24. The molecule has 1 aromatic rings. The Morgan fingerprint density at radius 1 is 0.778 bits per heavy atom. The third-order valence-electron chi connectivity index (χ3n) is 0.566. The topological polar surface area (TPSA) is 12.9 Å². The predicted octanol–water partition coefficient (Wildman–Crippen LogP) is 0.203. The number of halogens is 2. The molecule has 0 spiro atoms. The van der Waals surface area contributed by atoms with Crippen LogP contribution in [0.2, 0.25) is 0 Å². The molecule has 0 aliphatic rings. The van der Waals surface area contributed by atoms with Gasteiger partial charge in [0, 0.05) is 12.4 Å². The highest BCUT2D eigenvalue weighted by atomic mass is 19.0. The van der Waals surface area contributed by atoms with Crippen LogP contribution < -0.4 is 0 Å². The maximum atomic E-state index is 3.78. The predicted molar refractivity (Wildman–Crippen MR) is 39.2 cm³/mol. The van der Waals surface area contributed by atoms with Gasteiger partial charge in [0.25, 0.3) is 0 Å². The van der Waals surface area contributed by atoms with E-state index < -0.39 is 0 Å². The fourth-order valence-corrected chi connectivity index (χ4v) is 0.313. The van der Waals surface area contributed by atoms with Crippen LogP contribution in [0.4, 0.5) is 9.41 Å². The van der Waals surface area contributed by atoms with E-state index in [0.717, 1.165) is 0 Å². The summed E-state index contributed by atoms with van der Waals surface area (Å²) < 4.78 is 0. The molecule has 0 atom stereocenters. The highest BCUT2D eigenvalue weighted by molar-refractivity contribution is 5.75. The average Bonchev–Trinajstić information content (AvgIpc) is 1.72. The summed E-state index contributed by atoms with van der Waals surface area (Å²) in [5.74, 6) is 0. The Balaban J connectivity index is -0.000000120. The number of hydrogen-bond acceptors (Lipinski definition) is 1. The highest BCUT2D eigenvalue weighted by Gasteiger charge is 1.58. The molecule has 0 radical (unpaired) electrons. The van der Waals surface area contributed by atoms with Crippen molar-refractivity contribution in [1.82, 2.24) is 4.98 Å². The van der Waals surface area contributed by atoms with Crippen molar-refractivity contribution in [3.63, 3.8) is 0 Å². The lowest BCUT2D eigenvalue weighted by Crippen LogP contribution is -1.58. The van der Waals surface area contributed by atoms with Gasteiger partial charge in [-0.2, -0.15) is 0 Å². The van der Waals surface area contributed by atoms with Gasteiger partial charge in [0.1, 0.15) is 0 Å². The molecule has 0 unspecified atom stereocenters. The maximum Gasteiger partial charge on any atom is 0.0814 e. The first-order chi connectivity index (χ1) is 3.00. The number of nitrogens with zero attached hydrogens (tertiary/aromatic N) is 1. The summed E-state index contributed by atoms with van der Waals surface area (Å²) >= 11 is 0. The van der Waals surface area contributed by atoms with Crippen molar-refractivity contribution in [2.24, 2.45) is 0 Å². The highest BCUT2D eigenvalue weighted by Crippen LogP contribution is 1.73. The third-order valence-corrected chi connectivity index (χ3v) is 0.566. The van der Waals surface area contributed by atoms with Gasteiger partial charge in [0.15, 0.2) is 0 Å². The smallest absolute Gasteiger partial charge is 0.0814 e. The van der Waals surface area contributed by atoms with Crippen LogP contribution in [0, 0.1) is 0 Å². The van der Waals surface area contributed by atoms with E-state index in [1.165, 1.54) is 0 Å². The Labute approximate surface area is 54.4 Å². The average molecular weight is 133 g/mol. The third kappa shape index (κ3) is 7.07. The first-order valence-electron chi connectivity index (χ1n) is 1.85. The molecule has 0 fully saturated rings. The summed E-state index contributed by atoms with van der Waals surface area (Å²) in [6.07, 6.45) is 3.50. The van der Waals surface area contributed by atoms with Crippen molar-refractivity contribution >= 4 is 8.41 Å². The van der Waals surface area contributed by atoms with E-state index >= 15 is 0 Å². The van der Waals surface area contributed by atoms with Crippen LogP contribution >= 0.6 is 0 Å². The molecule has 0 saturated carbocycles. The van der Waals surface area contributed by atoms with Gasteiger partial charge in [-0.25, -0.2) is 0 Å². The van der Waals surface area contributed by atoms with Crippen LogP contribution in [-0.4, -0.2) is 13.4 Å². The Morgan fingerprint density at radius 3 is 1.33 bits per heavy atom. The minimum Gasteiger partial charge on any atom is -0.269 e. The van der Waals surface area contributed by atoms with Crippen molar-refractivity contribution in [2.45, 2.75) is 0 Å². The summed E-state index contributed by atoms with van der Waals surface area (Å²) in [4.78, 5) is 3.78. The second-order valence-electron chi connectivity index (χ2n) is 1.02. The van der Waals surface area contributed by atoms with Gasteiger partial charge in [-0.3, -0.25) is 14.4 Å². The largest absolute Gasteiger partial charge is 0.269 e. The van der Waals surface area contributed by atoms with E-state index in [1.54, 1.807) is 12.4 Å². The van der Waals surface area contributed by atoms with Crippen molar-refractivity contribution in [2.75, 3.05) is 0 Å². The van der Waals surface area contributed by atoms with Crippen LogP contribution in [0.15, 0.2) is 30.6 Å². The molecule has 0 saturated heterocycles. The van der Waals surface area contributed by atoms with Crippen LogP contribution in [0.25, 0.3) is 0 Å². The molecule has 9 heavy (non-hydrogen) atoms. The van der Waals surface area contributed by atoms with E-state index in [4.69, 9.17) is 0 Å². The lowest BCUT2D eigenvalue weighted by atomic mass is 10.5. The van der Waals surface area contributed by atoms with E-state index in [9.17, 15) is 0 Å². The van der Waals surface area contributed by atoms with Crippen molar-refractivity contribution in [1.29, 1.82) is 0 Å². The van der Waals surface area contributed by atoms with Crippen molar-refractivity contribution in [3.8, 4) is 0 Å². The normalized spacial score (nSPS) is 5.33. The van der Waals surface area contributed by atoms with Crippen LogP contribution in [-0.2, 0) is 0 Å². The molecule has 4 heteroatoms. The molecule has 0 aromatic carbocycles. The second-order valence-corrected chi connectivity index (χ2v) is 1.02. The number of hydrogen-bond donors (Lipinski definition) is 0. The van der Waals surface area contributed by atoms with Gasteiger partial charge in [0.2, 0.25) is 0 Å². The molecule has 0 bridgehead atoms. The van der Waals surface area contributed by atoms with Crippen LogP contribution in [0.5, 0.6) is 0 Å². The molecule has 1 rings (SSSR count). The quantitative estimate of drug-likeness (QED) is 0.460. The summed E-state index contributed by atoms with van der Waals surface area (Å²) in [5.41, 5.74) is 0. The zero-order valence-corrected chi connectivity index (χ0v) is 4.15. The maximum absolute atomic E-state index is 3.78. The molecule has 0 aliphatic carbocycles. The molecule has 1 nitrogen and oxygen atoms in total. The lowest BCUT2D eigenvalue weighted by Gasteiger charge is -1.70.